The average Bonchev–Trinajstić information content (AvgIpc) is 2.78. The fourth-order valence-corrected chi connectivity index (χ4v) is 6.62. The summed E-state index contributed by atoms with van der Waals surface area (Å²) in [6.07, 6.45) is -5.66. The second kappa shape index (κ2) is 14.4. The van der Waals surface area contributed by atoms with E-state index in [2.05, 4.69) is 29.9 Å². The number of aromatic amines is 2. The zero-order chi connectivity index (χ0) is 22.2. The summed E-state index contributed by atoms with van der Waals surface area (Å²) < 4.78 is 38.7. The number of phosphoric acid groups is 2. The maximum absolute atomic E-state index is 11.8. The van der Waals surface area contributed by atoms with E-state index >= 15 is 0 Å². The minimum Gasteiger partial charge on any atom is -0.779 e. The van der Waals surface area contributed by atoms with Crippen molar-refractivity contribution in [3.05, 3.63) is 32.6 Å². The van der Waals surface area contributed by atoms with Crippen LogP contribution in [0.2, 0.25) is 0 Å². The molecule has 3 unspecified atom stereocenters. The van der Waals surface area contributed by atoms with E-state index in [1.54, 1.807) is 0 Å². The third-order valence-corrected chi connectivity index (χ3v) is 8.21. The van der Waals surface area contributed by atoms with Crippen LogP contribution in [0.4, 0.5) is 0 Å². The second-order valence-electron chi connectivity index (χ2n) is 5.43. The predicted molar refractivity (Wildman–Crippen MR) is 87.1 cm³/mol. The molecule has 32 heavy (non-hydrogen) atoms. The van der Waals surface area contributed by atoms with Crippen LogP contribution in [0.25, 0.3) is 0 Å². The molecule has 1 aromatic heterocycles. The summed E-state index contributed by atoms with van der Waals surface area (Å²) >= 11 is 3.98. The molecule has 0 amide bonds. The number of aliphatic hydroxyl groups is 2. The van der Waals surface area contributed by atoms with E-state index < -0.39 is 64.6 Å². The number of ether oxygens (including phenoxy) is 1. The van der Waals surface area contributed by atoms with Gasteiger partial charge in [0.25, 0.3) is 21.2 Å². The third-order valence-electron chi connectivity index (χ3n) is 3.32. The Morgan fingerprint density at radius 2 is 1.66 bits per heavy atom. The molecule has 1 aromatic rings. The standard InChI is InChI=1S/C9H15N2O14P3S.3Na/c12-5-4(2-22-27(19,20)25-28(21,29)24-26(16,17)18)23-7(6(5)13)3-1-10-9(15)11-8(3)14;;;/h1,4-7,12-13H,2H2,(H,19,20)(H,21,29)(H2,16,17,18)(H2,10,11,14,15);;;/q;3*+1/p-3/t4-,5-,6-,7+,28?;;;/m1.../s1. The van der Waals surface area contributed by atoms with Crippen LogP contribution >= 0.6 is 22.4 Å². The van der Waals surface area contributed by atoms with Crippen LogP contribution in [-0.4, -0.2) is 50.0 Å². The van der Waals surface area contributed by atoms with Gasteiger partial charge in [-0.1, -0.05) is 11.8 Å². The summed E-state index contributed by atoms with van der Waals surface area (Å²) in [5.41, 5.74) is -2.09. The van der Waals surface area contributed by atoms with Crippen molar-refractivity contribution in [2.75, 3.05) is 6.61 Å². The van der Waals surface area contributed by atoms with Gasteiger partial charge in [0.15, 0.2) is 0 Å². The number of hydrogen-bond acceptors (Lipinski definition) is 14. The molecule has 1 aliphatic rings. The Hall–Kier alpha value is 2.39. The number of phosphoric ester groups is 1. The van der Waals surface area contributed by atoms with Crippen LogP contribution in [0.3, 0.4) is 0 Å². The molecule has 2 heterocycles. The summed E-state index contributed by atoms with van der Waals surface area (Å²) in [7, 11) is -11.3. The number of aliphatic hydroxyl groups excluding tert-OH is 2. The smallest absolute Gasteiger partial charge is 0.779 e. The average molecular weight is 566 g/mol. The monoisotopic (exact) mass is 566 g/mol. The van der Waals surface area contributed by atoms with E-state index in [1.807, 2.05) is 4.98 Å². The first-order valence-corrected chi connectivity index (χ1v) is 12.7. The van der Waals surface area contributed by atoms with Crippen LogP contribution in [0.15, 0.2) is 15.8 Å². The Bertz CT molecular complexity index is 1020. The molecule has 1 fully saturated rings. The Labute approximate surface area is 250 Å². The molecule has 166 valence electrons. The fourth-order valence-electron chi connectivity index (χ4n) is 2.23. The molecule has 1 aliphatic heterocycles. The first-order chi connectivity index (χ1) is 13.1. The third kappa shape index (κ3) is 11.2. The van der Waals surface area contributed by atoms with Gasteiger partial charge in [-0.2, -0.15) is 0 Å². The first kappa shape index (κ1) is 36.5. The summed E-state index contributed by atoms with van der Waals surface area (Å²) in [6.45, 7) is -6.33. The maximum atomic E-state index is 11.8. The molecule has 0 bridgehead atoms. The normalized spacial score (nSPS) is 28.1. The summed E-state index contributed by atoms with van der Waals surface area (Å²) in [4.78, 5) is 68.7. The van der Waals surface area contributed by atoms with E-state index in [9.17, 15) is 43.6 Å². The number of H-pyrrole nitrogens is 2. The number of nitrogens with one attached hydrogen (secondary N) is 2. The van der Waals surface area contributed by atoms with Gasteiger partial charge in [-0.3, -0.25) is 27.5 Å². The number of aromatic nitrogens is 2. The minimum absolute atomic E-state index is 0. The van der Waals surface area contributed by atoms with Crippen LogP contribution < -0.4 is 115 Å². The Kier molecular flexibility index (Phi) is 16.4. The molecule has 7 atom stereocenters. The van der Waals surface area contributed by atoms with E-state index in [1.165, 1.54) is 0 Å². The van der Waals surface area contributed by atoms with Gasteiger partial charge < -0.3 is 44.0 Å². The minimum atomic E-state index is -5.69. The fraction of sp³-hybridized carbons (Fsp3) is 0.556. The molecule has 0 aromatic carbocycles. The van der Waals surface area contributed by atoms with Crippen LogP contribution in [-0.2, 0) is 38.8 Å². The molecule has 0 aliphatic carbocycles. The van der Waals surface area contributed by atoms with Gasteiger partial charge in [0.1, 0.15) is 31.1 Å². The Balaban J connectivity index is 0. The van der Waals surface area contributed by atoms with E-state index in [0.717, 1.165) is 6.20 Å². The SMILES string of the molecule is O=c1[nH]cc([C@@H]2O[C@H](COP(=O)([O-])OP([O-])(=S)OP(=O)([O-])O)[C@@H](O)[C@H]2O)c(=O)[nH]1.[Na+].[Na+].[Na+]. The molecule has 0 saturated carbocycles. The van der Waals surface area contributed by atoms with Gasteiger partial charge >= 0.3 is 94.4 Å². The van der Waals surface area contributed by atoms with E-state index in [-0.39, 0.29) is 94.2 Å². The van der Waals surface area contributed by atoms with Crippen molar-refractivity contribution in [1.82, 2.24) is 9.97 Å². The summed E-state index contributed by atoms with van der Waals surface area (Å²) in [5.74, 6) is 0. The predicted octanol–water partition coefficient (Wildman–Crippen LogP) is -13.2. The molecule has 5 N–H and O–H groups in total. The van der Waals surface area contributed by atoms with E-state index in [0.29, 0.717) is 0 Å². The maximum Gasteiger partial charge on any atom is 1.00 e. The van der Waals surface area contributed by atoms with E-state index in [4.69, 9.17) is 9.63 Å². The molecular weight excluding hydrogens is 554 g/mol. The van der Waals surface area contributed by atoms with Crippen molar-refractivity contribution in [3.8, 4) is 0 Å². The molecular formula is C9H12N2Na3O14P3S. The van der Waals surface area contributed by atoms with Crippen molar-refractivity contribution in [2.45, 2.75) is 24.4 Å². The Morgan fingerprint density at radius 1 is 1.09 bits per heavy atom. The second-order valence-corrected chi connectivity index (χ2v) is 11.1. The molecule has 0 spiro atoms. The number of hydrogen-bond donors (Lipinski definition) is 5. The van der Waals surface area contributed by atoms with Crippen molar-refractivity contribution in [3.63, 3.8) is 0 Å². The van der Waals surface area contributed by atoms with Gasteiger partial charge in [0.05, 0.1) is 12.2 Å². The first-order valence-electron chi connectivity index (χ1n) is 7.17. The van der Waals surface area contributed by atoms with Crippen molar-refractivity contribution >= 4 is 34.2 Å². The van der Waals surface area contributed by atoms with Gasteiger partial charge in [0.2, 0.25) is 0 Å². The van der Waals surface area contributed by atoms with Gasteiger partial charge in [-0.05, 0) is 0 Å². The van der Waals surface area contributed by atoms with Crippen molar-refractivity contribution in [1.29, 1.82) is 0 Å². The van der Waals surface area contributed by atoms with Crippen LogP contribution in [0.5, 0.6) is 0 Å². The largest absolute Gasteiger partial charge is 1.00 e. The summed E-state index contributed by atoms with van der Waals surface area (Å²) in [5, 5.41) is 19.9. The molecule has 0 radical (unpaired) electrons. The molecule has 16 nitrogen and oxygen atoms in total. The quantitative estimate of drug-likeness (QED) is 0.144. The van der Waals surface area contributed by atoms with Gasteiger partial charge in [-0.15, -0.1) is 0 Å². The number of rotatable bonds is 8. The van der Waals surface area contributed by atoms with Gasteiger partial charge in [0, 0.05) is 6.20 Å². The van der Waals surface area contributed by atoms with Crippen molar-refractivity contribution in [2.24, 2.45) is 0 Å². The summed E-state index contributed by atoms with van der Waals surface area (Å²) in [6, 6.07) is 0. The van der Waals surface area contributed by atoms with Crippen molar-refractivity contribution < 1.29 is 145 Å². The molecule has 1 saturated heterocycles. The molecule has 2 rings (SSSR count). The topological polar surface area (TPSA) is 267 Å². The van der Waals surface area contributed by atoms with Gasteiger partial charge in [-0.25, -0.2) is 4.79 Å². The van der Waals surface area contributed by atoms with Crippen LogP contribution in [0, 0.1) is 0 Å². The molecule has 23 heteroatoms. The zero-order valence-corrected chi connectivity index (χ0v) is 26.2. The Morgan fingerprint density at radius 3 is 2.16 bits per heavy atom. The zero-order valence-electron chi connectivity index (χ0n) is 16.7. The van der Waals surface area contributed by atoms with Crippen LogP contribution in [0.1, 0.15) is 11.7 Å².